The van der Waals surface area contributed by atoms with Crippen molar-refractivity contribution in [2.24, 2.45) is 0 Å². The van der Waals surface area contributed by atoms with Gasteiger partial charge in [0.05, 0.1) is 18.7 Å². The molecule has 1 aliphatic carbocycles. The predicted octanol–water partition coefficient (Wildman–Crippen LogP) is 7.85. The van der Waals surface area contributed by atoms with Crippen molar-refractivity contribution in [1.29, 1.82) is 0 Å². The molecule has 0 atom stereocenters. The molecule has 6 rings (SSSR count). The van der Waals surface area contributed by atoms with Crippen LogP contribution in [0.25, 0.3) is 11.1 Å². The summed E-state index contributed by atoms with van der Waals surface area (Å²) in [6.07, 6.45) is -0.151. The zero-order chi connectivity index (χ0) is 33.7. The maximum atomic E-state index is 13.5. The molecule has 7 nitrogen and oxygen atoms in total. The van der Waals surface area contributed by atoms with Crippen molar-refractivity contribution in [3.63, 3.8) is 0 Å². The van der Waals surface area contributed by atoms with Crippen molar-refractivity contribution < 1.29 is 22.3 Å². The van der Waals surface area contributed by atoms with Gasteiger partial charge in [0.25, 0.3) is 5.56 Å². The quantitative estimate of drug-likeness (QED) is 0.0547. The fraction of sp³-hybridized carbons (Fsp3) is 0.333. The number of benzene rings is 3. The lowest BCUT2D eigenvalue weighted by molar-refractivity contribution is -0.137. The Morgan fingerprint density at radius 1 is 0.833 bits per heavy atom. The fourth-order valence-corrected chi connectivity index (χ4v) is 6.72. The predicted molar refractivity (Wildman–Crippen MR) is 176 cm³/mol. The summed E-state index contributed by atoms with van der Waals surface area (Å²) in [5.74, 6) is 1.55. The first-order valence-corrected chi connectivity index (χ1v) is 16.9. The van der Waals surface area contributed by atoms with Crippen molar-refractivity contribution in [2.75, 3.05) is 6.61 Å². The van der Waals surface area contributed by atoms with E-state index in [0.717, 1.165) is 65.8 Å². The van der Waals surface area contributed by atoms with Crippen LogP contribution in [0.4, 0.5) is 17.6 Å². The molecule has 1 aliphatic rings. The van der Waals surface area contributed by atoms with Gasteiger partial charge in [-0.15, -0.1) is 10.2 Å². The number of hydrogen-bond acceptors (Lipinski definition) is 6. The van der Waals surface area contributed by atoms with E-state index in [9.17, 15) is 22.4 Å². The van der Waals surface area contributed by atoms with E-state index in [2.05, 4.69) is 26.7 Å². The molecule has 0 saturated carbocycles. The first-order valence-electron chi connectivity index (χ1n) is 15.9. The lowest BCUT2D eigenvalue weighted by Gasteiger charge is -2.18. The Bertz CT molecular complexity index is 1900. The maximum absolute atomic E-state index is 13.5. The molecule has 0 bridgehead atoms. The molecule has 0 aliphatic heterocycles. The van der Waals surface area contributed by atoms with Gasteiger partial charge < -0.3 is 13.9 Å². The number of rotatable bonds is 13. The third-order valence-corrected chi connectivity index (χ3v) is 9.45. The van der Waals surface area contributed by atoms with E-state index in [4.69, 9.17) is 4.74 Å². The molecule has 0 fully saturated rings. The first kappa shape index (κ1) is 33.6. The van der Waals surface area contributed by atoms with Crippen LogP contribution >= 0.6 is 11.8 Å². The first-order chi connectivity index (χ1) is 23.2. The molecule has 0 spiro atoms. The zero-order valence-corrected chi connectivity index (χ0v) is 27.3. The van der Waals surface area contributed by atoms with Crippen molar-refractivity contribution >= 4 is 11.8 Å². The van der Waals surface area contributed by atoms with Crippen molar-refractivity contribution in [1.82, 2.24) is 24.3 Å². The van der Waals surface area contributed by atoms with E-state index in [1.165, 1.54) is 36.0 Å². The lowest BCUT2D eigenvalue weighted by Crippen LogP contribution is -2.23. The molecule has 2 heterocycles. The van der Waals surface area contributed by atoms with Gasteiger partial charge in [-0.3, -0.25) is 4.79 Å². The Balaban J connectivity index is 1.29. The minimum Gasteiger partial charge on any atom is -0.373 e. The Kier molecular flexibility index (Phi) is 10.4. The van der Waals surface area contributed by atoms with Crippen molar-refractivity contribution in [2.45, 2.75) is 75.8 Å². The van der Waals surface area contributed by atoms with Gasteiger partial charge in [0.1, 0.15) is 12.4 Å². The molecular formula is C36H35F4N5O2S. The van der Waals surface area contributed by atoms with Crippen LogP contribution in [0.5, 0.6) is 0 Å². The van der Waals surface area contributed by atoms with Gasteiger partial charge in [0.15, 0.2) is 16.8 Å². The highest BCUT2D eigenvalue weighted by molar-refractivity contribution is 7.98. The fourth-order valence-electron chi connectivity index (χ4n) is 5.75. The summed E-state index contributed by atoms with van der Waals surface area (Å²) < 4.78 is 62.6. The average Bonchev–Trinajstić information content (AvgIpc) is 3.72. The Morgan fingerprint density at radius 2 is 1.50 bits per heavy atom. The molecule has 250 valence electrons. The van der Waals surface area contributed by atoms with Crippen LogP contribution in [0, 0.1) is 5.82 Å². The molecular weight excluding hydrogens is 642 g/mol. The van der Waals surface area contributed by atoms with E-state index in [-0.39, 0.29) is 18.0 Å². The molecule has 0 radical (unpaired) electrons. The molecule has 0 N–H and O–H groups in total. The lowest BCUT2D eigenvalue weighted by atomic mass is 10.0. The Hall–Kier alpha value is -4.29. The average molecular weight is 678 g/mol. The minimum atomic E-state index is -4.38. The second-order valence-electron chi connectivity index (χ2n) is 11.8. The molecule has 0 amide bonds. The van der Waals surface area contributed by atoms with Crippen LogP contribution in [0.2, 0.25) is 0 Å². The Labute approximate surface area is 280 Å². The second kappa shape index (κ2) is 14.9. The SMILES string of the molecule is CCCCOCc1nnc(Cn2c(SCc3ccc(F)cc3)nc(=O)c3c2CCC3)n1Cc1ccc(-c2ccc(C(F)(F)F)cc2)cc1. The molecule has 0 saturated heterocycles. The highest BCUT2D eigenvalue weighted by atomic mass is 32.2. The number of alkyl halides is 3. The number of unbranched alkanes of at least 4 members (excludes halogenated alkanes) is 1. The number of aromatic nitrogens is 5. The molecule has 48 heavy (non-hydrogen) atoms. The van der Waals surface area contributed by atoms with Gasteiger partial charge in [-0.1, -0.05) is 73.6 Å². The second-order valence-corrected chi connectivity index (χ2v) is 12.7. The van der Waals surface area contributed by atoms with Gasteiger partial charge in [0.2, 0.25) is 0 Å². The summed E-state index contributed by atoms with van der Waals surface area (Å²) in [5.41, 5.74) is 4.15. The number of hydrogen-bond donors (Lipinski definition) is 0. The molecule has 12 heteroatoms. The summed E-state index contributed by atoms with van der Waals surface area (Å²) in [4.78, 5) is 17.5. The molecule has 5 aromatic rings. The van der Waals surface area contributed by atoms with Gasteiger partial charge in [0, 0.05) is 23.6 Å². The van der Waals surface area contributed by atoms with Gasteiger partial charge in [-0.2, -0.15) is 18.2 Å². The van der Waals surface area contributed by atoms with Gasteiger partial charge >= 0.3 is 6.18 Å². The smallest absolute Gasteiger partial charge is 0.373 e. The summed E-state index contributed by atoms with van der Waals surface area (Å²) in [5, 5.41) is 9.65. The van der Waals surface area contributed by atoms with Gasteiger partial charge in [-0.05, 0) is 72.2 Å². The van der Waals surface area contributed by atoms with E-state index in [0.29, 0.717) is 54.2 Å². The number of nitrogens with zero attached hydrogens (tertiary/aromatic N) is 5. The third-order valence-electron chi connectivity index (χ3n) is 8.40. The highest BCUT2D eigenvalue weighted by Crippen LogP contribution is 2.31. The summed E-state index contributed by atoms with van der Waals surface area (Å²) in [6, 6.07) is 19.1. The standard InChI is InChI=1S/C36H35F4N5O2S/c1-2-3-19-47-22-33-43-42-32(45(33)20-24-7-11-26(12-8-24)27-13-15-28(16-14-27)36(38,39)40)21-44-31-6-4-5-30(31)34(46)41-35(44)48-23-25-9-17-29(37)18-10-25/h7-18H,2-6,19-23H2,1H3. The number of fused-ring (bicyclic) bond motifs is 1. The van der Waals surface area contributed by atoms with E-state index < -0.39 is 11.7 Å². The van der Waals surface area contributed by atoms with Crippen LogP contribution in [0.3, 0.4) is 0 Å². The van der Waals surface area contributed by atoms with Crippen LogP contribution < -0.4 is 5.56 Å². The Morgan fingerprint density at radius 3 is 2.19 bits per heavy atom. The summed E-state index contributed by atoms with van der Waals surface area (Å²) >= 11 is 1.43. The highest BCUT2D eigenvalue weighted by Gasteiger charge is 2.30. The van der Waals surface area contributed by atoms with E-state index in [1.54, 1.807) is 12.1 Å². The monoisotopic (exact) mass is 677 g/mol. The number of ether oxygens (including phenoxy) is 1. The van der Waals surface area contributed by atoms with Crippen LogP contribution in [0.1, 0.15) is 65.8 Å². The van der Waals surface area contributed by atoms with Crippen LogP contribution in [-0.2, 0) is 49.2 Å². The number of halogens is 4. The molecule has 2 aromatic heterocycles. The molecule has 0 unspecified atom stereocenters. The largest absolute Gasteiger partial charge is 0.416 e. The topological polar surface area (TPSA) is 74.8 Å². The minimum absolute atomic E-state index is 0.208. The molecule has 3 aromatic carbocycles. The third kappa shape index (κ3) is 7.87. The van der Waals surface area contributed by atoms with Gasteiger partial charge in [-0.25, -0.2) is 4.39 Å². The van der Waals surface area contributed by atoms with E-state index >= 15 is 0 Å². The van der Waals surface area contributed by atoms with Crippen molar-refractivity contribution in [3.8, 4) is 11.1 Å². The summed E-state index contributed by atoms with van der Waals surface area (Å²) in [7, 11) is 0. The van der Waals surface area contributed by atoms with Crippen LogP contribution in [0.15, 0.2) is 82.7 Å². The summed E-state index contributed by atoms with van der Waals surface area (Å²) in [6.45, 7) is 3.76. The van der Waals surface area contributed by atoms with Crippen LogP contribution in [-0.4, -0.2) is 30.9 Å². The maximum Gasteiger partial charge on any atom is 0.416 e. The van der Waals surface area contributed by atoms with E-state index in [1.807, 2.05) is 28.8 Å². The number of thioether (sulfide) groups is 1. The zero-order valence-electron chi connectivity index (χ0n) is 26.5. The van der Waals surface area contributed by atoms with Crippen molar-refractivity contribution in [3.05, 3.63) is 129 Å². The normalized spacial score (nSPS) is 12.9.